The SMILES string of the molecule is COC(=O)CS(=O)(=O)N(C)Cc1ccc(C#CCN)cc1. The van der Waals surface area contributed by atoms with Gasteiger partial charge in [0, 0.05) is 19.2 Å². The highest BCUT2D eigenvalue weighted by Crippen LogP contribution is 2.09. The minimum absolute atomic E-state index is 0.171. The average molecular weight is 310 g/mol. The highest BCUT2D eigenvalue weighted by molar-refractivity contribution is 7.89. The summed E-state index contributed by atoms with van der Waals surface area (Å²) in [5, 5.41) is 0. The van der Waals surface area contributed by atoms with Crippen molar-refractivity contribution in [2.45, 2.75) is 6.54 Å². The van der Waals surface area contributed by atoms with Crippen LogP contribution in [0.15, 0.2) is 24.3 Å². The van der Waals surface area contributed by atoms with Crippen molar-refractivity contribution in [2.75, 3.05) is 26.5 Å². The molecule has 0 saturated heterocycles. The first-order valence-corrected chi connectivity index (χ1v) is 7.78. The fraction of sp³-hybridized carbons (Fsp3) is 0.357. The fourth-order valence-corrected chi connectivity index (χ4v) is 2.50. The molecule has 0 saturated carbocycles. The lowest BCUT2D eigenvalue weighted by molar-refractivity contribution is -0.137. The summed E-state index contributed by atoms with van der Waals surface area (Å²) < 4.78 is 29.3. The van der Waals surface area contributed by atoms with E-state index in [0.29, 0.717) is 0 Å². The predicted octanol–water partition coefficient (Wildman–Crippen LogP) is -0.0686. The van der Waals surface area contributed by atoms with Gasteiger partial charge in [-0.1, -0.05) is 24.0 Å². The number of hydrogen-bond acceptors (Lipinski definition) is 5. The van der Waals surface area contributed by atoms with Crippen LogP contribution in [0.5, 0.6) is 0 Å². The summed E-state index contributed by atoms with van der Waals surface area (Å²) >= 11 is 0. The first-order chi connectivity index (χ1) is 9.89. The van der Waals surface area contributed by atoms with Crippen LogP contribution in [0.2, 0.25) is 0 Å². The molecule has 0 heterocycles. The van der Waals surface area contributed by atoms with E-state index in [9.17, 15) is 13.2 Å². The second kappa shape index (κ2) is 7.78. The first-order valence-electron chi connectivity index (χ1n) is 6.17. The van der Waals surface area contributed by atoms with Gasteiger partial charge in [0.2, 0.25) is 10.0 Å². The normalized spacial score (nSPS) is 10.9. The van der Waals surface area contributed by atoms with Gasteiger partial charge in [-0.05, 0) is 17.7 Å². The highest BCUT2D eigenvalue weighted by atomic mass is 32.2. The van der Waals surface area contributed by atoms with Gasteiger partial charge in [-0.2, -0.15) is 0 Å². The number of methoxy groups -OCH3 is 1. The third-order valence-corrected chi connectivity index (χ3v) is 4.38. The van der Waals surface area contributed by atoms with Crippen molar-refractivity contribution in [2.24, 2.45) is 5.73 Å². The van der Waals surface area contributed by atoms with Crippen molar-refractivity contribution < 1.29 is 17.9 Å². The number of carbonyl (C=O) groups is 1. The molecule has 1 aromatic carbocycles. The zero-order chi connectivity index (χ0) is 15.9. The molecule has 21 heavy (non-hydrogen) atoms. The van der Waals surface area contributed by atoms with Crippen LogP contribution in [0.4, 0.5) is 0 Å². The van der Waals surface area contributed by atoms with Gasteiger partial charge in [0.25, 0.3) is 0 Å². The van der Waals surface area contributed by atoms with Crippen molar-refractivity contribution in [3.05, 3.63) is 35.4 Å². The van der Waals surface area contributed by atoms with Crippen LogP contribution in [0.1, 0.15) is 11.1 Å². The summed E-state index contributed by atoms with van der Waals surface area (Å²) in [4.78, 5) is 11.1. The van der Waals surface area contributed by atoms with E-state index < -0.39 is 21.7 Å². The van der Waals surface area contributed by atoms with E-state index in [2.05, 4.69) is 16.6 Å². The van der Waals surface area contributed by atoms with Crippen molar-refractivity contribution in [3.8, 4) is 11.8 Å². The lowest BCUT2D eigenvalue weighted by atomic mass is 10.1. The molecule has 0 aliphatic rings. The van der Waals surface area contributed by atoms with Crippen LogP contribution in [0.3, 0.4) is 0 Å². The zero-order valence-corrected chi connectivity index (χ0v) is 12.8. The lowest BCUT2D eigenvalue weighted by Gasteiger charge is -2.16. The van der Waals surface area contributed by atoms with Crippen LogP contribution in [0.25, 0.3) is 0 Å². The van der Waals surface area contributed by atoms with Gasteiger partial charge in [0.05, 0.1) is 13.7 Å². The fourth-order valence-electron chi connectivity index (χ4n) is 1.52. The third-order valence-electron chi connectivity index (χ3n) is 2.70. The Morgan fingerprint density at radius 2 is 1.95 bits per heavy atom. The summed E-state index contributed by atoms with van der Waals surface area (Å²) in [6.45, 7) is 0.459. The maximum Gasteiger partial charge on any atom is 0.322 e. The Kier molecular flexibility index (Phi) is 6.37. The molecular formula is C14H18N2O4S. The number of carbonyl (C=O) groups excluding carboxylic acids is 1. The maximum absolute atomic E-state index is 11.9. The van der Waals surface area contributed by atoms with Crippen LogP contribution in [0, 0.1) is 11.8 Å². The molecule has 0 fully saturated rings. The summed E-state index contributed by atoms with van der Waals surface area (Å²) in [7, 11) is -1.11. The van der Waals surface area contributed by atoms with E-state index in [0.717, 1.165) is 22.5 Å². The Bertz CT molecular complexity index is 642. The smallest absolute Gasteiger partial charge is 0.322 e. The topological polar surface area (TPSA) is 89.7 Å². The molecule has 0 aromatic heterocycles. The molecule has 0 aliphatic heterocycles. The van der Waals surface area contributed by atoms with Gasteiger partial charge in [0.15, 0.2) is 5.75 Å². The molecule has 0 atom stereocenters. The second-order valence-electron chi connectivity index (χ2n) is 4.29. The summed E-state index contributed by atoms with van der Waals surface area (Å²) in [5.74, 6) is 4.17. The number of nitrogens with zero attached hydrogens (tertiary/aromatic N) is 1. The molecule has 0 aliphatic carbocycles. The largest absolute Gasteiger partial charge is 0.468 e. The highest BCUT2D eigenvalue weighted by Gasteiger charge is 2.22. The second-order valence-corrected chi connectivity index (χ2v) is 6.37. The molecule has 114 valence electrons. The monoisotopic (exact) mass is 310 g/mol. The van der Waals surface area contributed by atoms with Crippen LogP contribution in [-0.2, 0) is 26.1 Å². The molecular weight excluding hydrogens is 292 g/mol. The number of nitrogens with two attached hydrogens (primary N) is 1. The van der Waals surface area contributed by atoms with Gasteiger partial charge in [0.1, 0.15) is 0 Å². The van der Waals surface area contributed by atoms with Crippen molar-refractivity contribution in [1.29, 1.82) is 0 Å². The predicted molar refractivity (Wildman–Crippen MR) is 79.6 cm³/mol. The lowest BCUT2D eigenvalue weighted by Crippen LogP contribution is -2.32. The Morgan fingerprint density at radius 1 is 1.33 bits per heavy atom. The van der Waals surface area contributed by atoms with Gasteiger partial charge in [-0.3, -0.25) is 4.79 Å². The minimum atomic E-state index is -3.68. The van der Waals surface area contributed by atoms with E-state index in [4.69, 9.17) is 5.73 Å². The molecule has 1 aromatic rings. The summed E-state index contributed by atoms with van der Waals surface area (Å²) in [5.41, 5.74) is 6.89. The van der Waals surface area contributed by atoms with Gasteiger partial charge < -0.3 is 10.5 Å². The summed E-state index contributed by atoms with van der Waals surface area (Å²) in [6, 6.07) is 7.15. The molecule has 0 spiro atoms. The number of ether oxygens (including phenoxy) is 1. The van der Waals surface area contributed by atoms with E-state index in [1.807, 2.05) is 0 Å². The van der Waals surface area contributed by atoms with E-state index in [-0.39, 0.29) is 13.1 Å². The Labute approximate surface area is 124 Å². The zero-order valence-electron chi connectivity index (χ0n) is 12.0. The number of hydrogen-bond donors (Lipinski definition) is 1. The van der Waals surface area contributed by atoms with E-state index in [1.54, 1.807) is 24.3 Å². The Hall–Kier alpha value is -1.88. The quantitative estimate of drug-likeness (QED) is 0.607. The van der Waals surface area contributed by atoms with Crippen LogP contribution < -0.4 is 5.73 Å². The van der Waals surface area contributed by atoms with E-state index in [1.165, 1.54) is 7.05 Å². The van der Waals surface area contributed by atoms with Gasteiger partial charge in [-0.25, -0.2) is 12.7 Å². The molecule has 0 bridgehead atoms. The van der Waals surface area contributed by atoms with Gasteiger partial charge >= 0.3 is 5.97 Å². The molecule has 2 N–H and O–H groups in total. The Balaban J connectivity index is 2.74. The molecule has 0 amide bonds. The first kappa shape index (κ1) is 17.2. The van der Waals surface area contributed by atoms with Crippen molar-refractivity contribution in [3.63, 3.8) is 0 Å². The van der Waals surface area contributed by atoms with E-state index >= 15 is 0 Å². The maximum atomic E-state index is 11.9. The standard InChI is InChI=1S/C14H18N2O4S/c1-16(21(18,19)11-14(17)20-2)10-13-7-5-12(6-8-13)4-3-9-15/h5-8H,9-11,15H2,1-2H3. The van der Waals surface area contributed by atoms with Crippen molar-refractivity contribution >= 4 is 16.0 Å². The Morgan fingerprint density at radius 3 is 2.48 bits per heavy atom. The molecule has 0 radical (unpaired) electrons. The van der Waals surface area contributed by atoms with Crippen molar-refractivity contribution in [1.82, 2.24) is 4.31 Å². The number of rotatable bonds is 5. The molecule has 0 unspecified atom stereocenters. The number of sulfonamides is 1. The molecule has 6 nitrogen and oxygen atoms in total. The average Bonchev–Trinajstić information content (AvgIpc) is 2.45. The number of esters is 1. The van der Waals surface area contributed by atoms with Crippen LogP contribution in [-0.4, -0.2) is 45.1 Å². The van der Waals surface area contributed by atoms with Gasteiger partial charge in [-0.15, -0.1) is 0 Å². The third kappa shape index (κ3) is 5.55. The molecule has 7 heteroatoms. The summed E-state index contributed by atoms with van der Waals surface area (Å²) in [6.07, 6.45) is 0. The number of benzene rings is 1. The minimum Gasteiger partial charge on any atom is -0.468 e. The van der Waals surface area contributed by atoms with Crippen LogP contribution >= 0.6 is 0 Å². The molecule has 1 rings (SSSR count).